The monoisotopic (exact) mass is 340 g/mol. The Bertz CT molecular complexity index is 524. The van der Waals surface area contributed by atoms with Crippen molar-refractivity contribution >= 4 is 33.8 Å². The molecule has 1 rings (SSSR count). The minimum Gasteiger partial charge on any atom is -0.450 e. The van der Waals surface area contributed by atoms with Gasteiger partial charge in [-0.25, -0.2) is 14.4 Å². The summed E-state index contributed by atoms with van der Waals surface area (Å²) in [5.41, 5.74) is 0.816. The zero-order valence-corrected chi connectivity index (χ0v) is 12.4. The Hall–Kier alpha value is -1.95. The van der Waals surface area contributed by atoms with Gasteiger partial charge in [-0.1, -0.05) is 52.8 Å². The van der Waals surface area contributed by atoms with Crippen LogP contribution in [0.5, 0.6) is 0 Å². The fourth-order valence-electron chi connectivity index (χ4n) is 1.20. The van der Waals surface area contributed by atoms with Crippen LogP contribution in [0.15, 0.2) is 42.5 Å². The molecule has 0 radical (unpaired) electrons. The molecule has 20 heavy (non-hydrogen) atoms. The van der Waals surface area contributed by atoms with Crippen molar-refractivity contribution < 1.29 is 23.9 Å². The van der Waals surface area contributed by atoms with Gasteiger partial charge in [0.05, 0.1) is 0 Å². The number of carbonyl (C=O) groups is 3. The first-order valence-electron chi connectivity index (χ1n) is 5.68. The lowest BCUT2D eigenvalue weighted by molar-refractivity contribution is -0.165. The van der Waals surface area contributed by atoms with Crippen molar-refractivity contribution in [3.8, 4) is 0 Å². The summed E-state index contributed by atoms with van der Waals surface area (Å²) >= 11 is 3.13. The van der Waals surface area contributed by atoms with E-state index in [1.54, 1.807) is 30.3 Å². The normalized spacial score (nSPS) is 11.3. The van der Waals surface area contributed by atoms with Gasteiger partial charge in [0.1, 0.15) is 4.83 Å². The van der Waals surface area contributed by atoms with Gasteiger partial charge in [0.15, 0.2) is 6.61 Å². The fraction of sp³-hybridized carbons (Fsp3) is 0.214. The van der Waals surface area contributed by atoms with E-state index >= 15 is 0 Å². The molecule has 1 aromatic rings. The van der Waals surface area contributed by atoms with Gasteiger partial charge >= 0.3 is 17.9 Å². The third-order valence-electron chi connectivity index (χ3n) is 2.18. The van der Waals surface area contributed by atoms with Gasteiger partial charge in [0.2, 0.25) is 0 Å². The summed E-state index contributed by atoms with van der Waals surface area (Å²) in [6.45, 7) is 4.17. The van der Waals surface area contributed by atoms with Crippen LogP contribution in [-0.2, 0) is 23.9 Å². The summed E-state index contributed by atoms with van der Waals surface area (Å²) in [4.78, 5) is 33.3. The van der Waals surface area contributed by atoms with Crippen molar-refractivity contribution in [2.24, 2.45) is 0 Å². The molecule has 0 aliphatic rings. The Morgan fingerprint density at radius 2 is 1.85 bits per heavy atom. The second kappa shape index (κ2) is 7.59. The van der Waals surface area contributed by atoms with E-state index in [1.165, 1.54) is 6.92 Å². The second-order valence-electron chi connectivity index (χ2n) is 3.92. The third-order valence-corrected chi connectivity index (χ3v) is 3.09. The minimum absolute atomic E-state index is 0.159. The van der Waals surface area contributed by atoms with Gasteiger partial charge in [-0.15, -0.1) is 0 Å². The fourth-order valence-corrected chi connectivity index (χ4v) is 1.60. The number of alkyl halides is 1. The van der Waals surface area contributed by atoms with Crippen LogP contribution in [0.3, 0.4) is 0 Å². The molecule has 0 bridgehead atoms. The Morgan fingerprint density at radius 1 is 1.25 bits per heavy atom. The molecule has 0 saturated carbocycles. The highest BCUT2D eigenvalue weighted by Crippen LogP contribution is 2.23. The number of ether oxygens (including phenoxy) is 2. The first-order chi connectivity index (χ1) is 9.41. The maximum Gasteiger partial charge on any atom is 0.351 e. The van der Waals surface area contributed by atoms with Gasteiger partial charge in [0, 0.05) is 5.57 Å². The first kappa shape index (κ1) is 16.1. The number of esters is 3. The Morgan fingerprint density at radius 3 is 2.40 bits per heavy atom. The lowest BCUT2D eigenvalue weighted by atomic mass is 10.1. The lowest BCUT2D eigenvalue weighted by Crippen LogP contribution is -2.22. The molecule has 1 aromatic carbocycles. The van der Waals surface area contributed by atoms with E-state index in [0.29, 0.717) is 5.56 Å². The summed E-state index contributed by atoms with van der Waals surface area (Å²) in [5, 5.41) is 0. The molecule has 1 unspecified atom stereocenters. The number of halogens is 1. The largest absolute Gasteiger partial charge is 0.450 e. The highest BCUT2D eigenvalue weighted by atomic mass is 79.9. The first-order valence-corrected chi connectivity index (χ1v) is 6.59. The van der Waals surface area contributed by atoms with E-state index in [4.69, 9.17) is 0 Å². The predicted molar refractivity (Wildman–Crippen MR) is 75.0 cm³/mol. The number of rotatable bonds is 5. The average Bonchev–Trinajstić information content (AvgIpc) is 2.44. The predicted octanol–water partition coefficient (Wildman–Crippen LogP) is 2.31. The molecule has 106 valence electrons. The summed E-state index contributed by atoms with van der Waals surface area (Å²) < 4.78 is 9.14. The van der Waals surface area contributed by atoms with E-state index in [1.807, 2.05) is 0 Å². The van der Waals surface area contributed by atoms with E-state index in [9.17, 15) is 14.4 Å². The molecule has 0 spiro atoms. The van der Waals surface area contributed by atoms with Crippen molar-refractivity contribution in [2.45, 2.75) is 11.8 Å². The van der Waals surface area contributed by atoms with Gasteiger partial charge in [0.25, 0.3) is 0 Å². The minimum atomic E-state index is -0.940. The highest BCUT2D eigenvalue weighted by molar-refractivity contribution is 9.09. The highest BCUT2D eigenvalue weighted by Gasteiger charge is 2.22. The molecular formula is C14H13BrO5. The maximum atomic E-state index is 11.7. The second-order valence-corrected chi connectivity index (χ2v) is 4.84. The maximum absolute atomic E-state index is 11.7. The van der Waals surface area contributed by atoms with Crippen molar-refractivity contribution in [3.63, 3.8) is 0 Å². The van der Waals surface area contributed by atoms with Gasteiger partial charge in [-0.3, -0.25) is 0 Å². The van der Waals surface area contributed by atoms with Crippen molar-refractivity contribution in [1.29, 1.82) is 0 Å². The van der Waals surface area contributed by atoms with E-state index in [-0.39, 0.29) is 5.57 Å². The molecule has 0 heterocycles. The summed E-state index contributed by atoms with van der Waals surface area (Å²) in [5.74, 6) is -2.43. The molecule has 0 aliphatic carbocycles. The molecule has 0 aromatic heterocycles. The number of benzene rings is 1. The quantitative estimate of drug-likeness (QED) is 0.356. The van der Waals surface area contributed by atoms with Gasteiger partial charge in [-0.05, 0) is 12.5 Å². The van der Waals surface area contributed by atoms with E-state index < -0.39 is 29.3 Å². The van der Waals surface area contributed by atoms with Crippen LogP contribution in [0.25, 0.3) is 0 Å². The van der Waals surface area contributed by atoms with Gasteiger partial charge in [-0.2, -0.15) is 0 Å². The molecule has 0 N–H and O–H groups in total. The Kier molecular flexibility index (Phi) is 6.11. The molecule has 5 nitrogen and oxygen atoms in total. The van der Waals surface area contributed by atoms with E-state index in [2.05, 4.69) is 32.0 Å². The number of hydrogen-bond acceptors (Lipinski definition) is 5. The SMILES string of the molecule is C=C(C)C(=O)OCC(=O)OC(=O)C(Br)c1ccccc1. The van der Waals surface area contributed by atoms with Crippen LogP contribution < -0.4 is 0 Å². The van der Waals surface area contributed by atoms with Crippen molar-refractivity contribution in [1.82, 2.24) is 0 Å². The van der Waals surface area contributed by atoms with Gasteiger partial charge < -0.3 is 9.47 Å². The van der Waals surface area contributed by atoms with Crippen LogP contribution in [0.1, 0.15) is 17.3 Å². The molecular weight excluding hydrogens is 328 g/mol. The van der Waals surface area contributed by atoms with Crippen molar-refractivity contribution in [2.75, 3.05) is 6.61 Å². The van der Waals surface area contributed by atoms with Crippen LogP contribution in [0, 0.1) is 0 Å². The Labute approximate surface area is 124 Å². The smallest absolute Gasteiger partial charge is 0.351 e. The Balaban J connectivity index is 2.48. The summed E-state index contributed by atoms with van der Waals surface area (Å²) in [7, 11) is 0. The van der Waals surface area contributed by atoms with Crippen LogP contribution >= 0.6 is 15.9 Å². The van der Waals surface area contributed by atoms with Crippen LogP contribution in [0.2, 0.25) is 0 Å². The molecule has 0 saturated heterocycles. The topological polar surface area (TPSA) is 69.7 Å². The zero-order valence-electron chi connectivity index (χ0n) is 10.8. The number of carbonyl (C=O) groups excluding carboxylic acids is 3. The molecule has 0 aliphatic heterocycles. The standard InChI is InChI=1S/C14H13BrO5/c1-9(2)13(17)19-8-11(16)20-14(18)12(15)10-6-4-3-5-7-10/h3-7,12H,1,8H2,2H3. The summed E-state index contributed by atoms with van der Waals surface area (Å²) in [6, 6.07) is 8.75. The third kappa shape index (κ3) is 4.97. The zero-order chi connectivity index (χ0) is 15.1. The summed E-state index contributed by atoms with van der Waals surface area (Å²) in [6.07, 6.45) is 0. The lowest BCUT2D eigenvalue weighted by Gasteiger charge is -2.09. The molecule has 1 atom stereocenters. The van der Waals surface area contributed by atoms with Crippen LogP contribution in [-0.4, -0.2) is 24.5 Å². The molecule has 6 heteroatoms. The molecule has 0 amide bonds. The average molecular weight is 341 g/mol. The number of hydrogen-bond donors (Lipinski definition) is 0. The van der Waals surface area contributed by atoms with Crippen molar-refractivity contribution in [3.05, 3.63) is 48.0 Å². The van der Waals surface area contributed by atoms with E-state index in [0.717, 1.165) is 0 Å². The molecule has 0 fully saturated rings. The van der Waals surface area contributed by atoms with Crippen LogP contribution in [0.4, 0.5) is 0 Å².